The van der Waals surface area contributed by atoms with Gasteiger partial charge in [0.2, 0.25) is 5.95 Å². The molecule has 2 aliphatic rings. The molecule has 0 N–H and O–H groups in total. The number of nitrogens with zero attached hydrogens (tertiary/aromatic N) is 5. The third-order valence-electron chi connectivity index (χ3n) is 5.38. The molecule has 0 spiro atoms. The zero-order valence-electron chi connectivity index (χ0n) is 16.8. The standard InChI is InChI=1S/C21H27N5O3/c1-28-19-5-3-2-4-18(19)20(27)25-10-8-24(9-11-25)16-17-6-7-22-21(23-17)26-12-14-29-15-13-26/h2-7H,8-16H2,1H3. The third-order valence-corrected chi connectivity index (χ3v) is 5.38. The topological polar surface area (TPSA) is 71.0 Å². The summed E-state index contributed by atoms with van der Waals surface area (Å²) < 4.78 is 10.7. The van der Waals surface area contributed by atoms with Crippen LogP contribution >= 0.6 is 0 Å². The number of hydrogen-bond donors (Lipinski definition) is 0. The lowest BCUT2D eigenvalue weighted by Crippen LogP contribution is -2.48. The minimum Gasteiger partial charge on any atom is -0.496 e. The summed E-state index contributed by atoms with van der Waals surface area (Å²) in [5.41, 5.74) is 1.63. The van der Waals surface area contributed by atoms with E-state index in [1.165, 1.54) is 0 Å². The van der Waals surface area contributed by atoms with Crippen LogP contribution < -0.4 is 9.64 Å². The molecule has 154 valence electrons. The summed E-state index contributed by atoms with van der Waals surface area (Å²) in [5, 5.41) is 0. The van der Waals surface area contributed by atoms with Gasteiger partial charge in [-0.05, 0) is 18.2 Å². The van der Waals surface area contributed by atoms with E-state index in [2.05, 4.69) is 14.8 Å². The monoisotopic (exact) mass is 397 g/mol. The minimum absolute atomic E-state index is 0.0266. The van der Waals surface area contributed by atoms with Crippen LogP contribution in [0, 0.1) is 0 Å². The van der Waals surface area contributed by atoms with Crippen LogP contribution in [0.15, 0.2) is 36.5 Å². The predicted octanol–water partition coefficient (Wildman–Crippen LogP) is 1.28. The average molecular weight is 397 g/mol. The van der Waals surface area contributed by atoms with E-state index in [1.807, 2.05) is 41.4 Å². The van der Waals surface area contributed by atoms with Gasteiger partial charge in [-0.1, -0.05) is 12.1 Å². The van der Waals surface area contributed by atoms with Gasteiger partial charge in [-0.2, -0.15) is 0 Å². The Labute approximate surface area is 171 Å². The maximum atomic E-state index is 12.9. The lowest BCUT2D eigenvalue weighted by Gasteiger charge is -2.35. The number of para-hydroxylation sites is 1. The SMILES string of the molecule is COc1ccccc1C(=O)N1CCN(Cc2ccnc(N3CCOCC3)n2)CC1. The molecule has 2 aromatic rings. The van der Waals surface area contributed by atoms with Crippen molar-refractivity contribution < 1.29 is 14.3 Å². The molecular formula is C21H27N5O3. The van der Waals surface area contributed by atoms with Crippen molar-refractivity contribution in [2.24, 2.45) is 0 Å². The van der Waals surface area contributed by atoms with Crippen LogP contribution in [0.25, 0.3) is 0 Å². The molecule has 1 amide bonds. The highest BCUT2D eigenvalue weighted by molar-refractivity contribution is 5.97. The fourth-order valence-electron chi connectivity index (χ4n) is 3.72. The minimum atomic E-state index is 0.0266. The van der Waals surface area contributed by atoms with E-state index in [-0.39, 0.29) is 5.91 Å². The second kappa shape index (κ2) is 9.19. The zero-order valence-corrected chi connectivity index (χ0v) is 16.8. The Morgan fingerprint density at radius 1 is 1.07 bits per heavy atom. The van der Waals surface area contributed by atoms with Crippen molar-refractivity contribution >= 4 is 11.9 Å². The van der Waals surface area contributed by atoms with Crippen LogP contribution in [0.3, 0.4) is 0 Å². The van der Waals surface area contributed by atoms with Crippen molar-refractivity contribution in [3.63, 3.8) is 0 Å². The highest BCUT2D eigenvalue weighted by Gasteiger charge is 2.24. The fraction of sp³-hybridized carbons (Fsp3) is 0.476. The van der Waals surface area contributed by atoms with Crippen LogP contribution in [0.2, 0.25) is 0 Å². The van der Waals surface area contributed by atoms with Crippen LogP contribution in [0.5, 0.6) is 5.75 Å². The van der Waals surface area contributed by atoms with Crippen LogP contribution in [0.4, 0.5) is 5.95 Å². The molecule has 0 aliphatic carbocycles. The lowest BCUT2D eigenvalue weighted by molar-refractivity contribution is 0.0624. The normalized spacial score (nSPS) is 18.0. The second-order valence-electron chi connectivity index (χ2n) is 7.22. The maximum Gasteiger partial charge on any atom is 0.257 e. The number of ether oxygens (including phenoxy) is 2. The van der Waals surface area contributed by atoms with Gasteiger partial charge in [0, 0.05) is 52.0 Å². The summed E-state index contributed by atoms with van der Waals surface area (Å²) in [6.45, 7) is 6.87. The quantitative estimate of drug-likeness (QED) is 0.753. The Balaban J connectivity index is 1.34. The van der Waals surface area contributed by atoms with Gasteiger partial charge in [-0.3, -0.25) is 9.69 Å². The molecule has 8 heteroatoms. The van der Waals surface area contributed by atoms with E-state index in [9.17, 15) is 4.79 Å². The van der Waals surface area contributed by atoms with Crippen LogP contribution in [0.1, 0.15) is 16.1 Å². The summed E-state index contributed by atoms with van der Waals surface area (Å²) in [7, 11) is 1.59. The van der Waals surface area contributed by atoms with Gasteiger partial charge in [-0.15, -0.1) is 0 Å². The molecule has 29 heavy (non-hydrogen) atoms. The van der Waals surface area contributed by atoms with E-state index >= 15 is 0 Å². The molecule has 3 heterocycles. The first-order chi connectivity index (χ1) is 14.2. The number of anilines is 1. The van der Waals surface area contributed by atoms with E-state index in [1.54, 1.807) is 7.11 Å². The highest BCUT2D eigenvalue weighted by atomic mass is 16.5. The first-order valence-corrected chi connectivity index (χ1v) is 10.0. The second-order valence-corrected chi connectivity index (χ2v) is 7.22. The zero-order chi connectivity index (χ0) is 20.1. The maximum absolute atomic E-state index is 12.9. The largest absolute Gasteiger partial charge is 0.496 e. The molecule has 2 fully saturated rings. The van der Waals surface area contributed by atoms with E-state index in [0.29, 0.717) is 24.4 Å². The summed E-state index contributed by atoms with van der Waals surface area (Å²) in [6, 6.07) is 9.36. The van der Waals surface area contributed by atoms with Crippen molar-refractivity contribution in [3.8, 4) is 5.75 Å². The Hall–Kier alpha value is -2.71. The van der Waals surface area contributed by atoms with Crippen molar-refractivity contribution in [2.75, 3.05) is 64.5 Å². The van der Waals surface area contributed by atoms with Gasteiger partial charge in [0.25, 0.3) is 5.91 Å². The van der Waals surface area contributed by atoms with E-state index < -0.39 is 0 Å². The molecule has 2 aliphatic heterocycles. The Kier molecular flexibility index (Phi) is 6.21. The Bertz CT molecular complexity index is 833. The van der Waals surface area contributed by atoms with Crippen molar-refractivity contribution in [3.05, 3.63) is 47.8 Å². The smallest absolute Gasteiger partial charge is 0.257 e. The summed E-state index contributed by atoms with van der Waals surface area (Å²) in [6.07, 6.45) is 1.83. The number of morpholine rings is 1. The lowest BCUT2D eigenvalue weighted by atomic mass is 10.1. The molecule has 2 saturated heterocycles. The molecule has 8 nitrogen and oxygen atoms in total. The van der Waals surface area contributed by atoms with Crippen molar-refractivity contribution in [2.45, 2.75) is 6.54 Å². The molecule has 1 aromatic carbocycles. The number of amides is 1. The van der Waals surface area contributed by atoms with Crippen molar-refractivity contribution in [1.29, 1.82) is 0 Å². The number of hydrogen-bond acceptors (Lipinski definition) is 7. The fourth-order valence-corrected chi connectivity index (χ4v) is 3.72. The predicted molar refractivity (Wildman–Crippen MR) is 109 cm³/mol. The number of rotatable bonds is 5. The molecule has 0 radical (unpaired) electrons. The number of piperazine rings is 1. The Morgan fingerprint density at radius 2 is 1.83 bits per heavy atom. The first-order valence-electron chi connectivity index (χ1n) is 10.0. The summed E-state index contributed by atoms with van der Waals surface area (Å²) in [5.74, 6) is 1.42. The average Bonchev–Trinajstić information content (AvgIpc) is 2.80. The van der Waals surface area contributed by atoms with Gasteiger partial charge in [0.1, 0.15) is 5.75 Å². The number of carbonyl (C=O) groups excluding carboxylic acids is 1. The van der Waals surface area contributed by atoms with Crippen molar-refractivity contribution in [1.82, 2.24) is 19.8 Å². The molecule has 0 saturated carbocycles. The van der Waals surface area contributed by atoms with Gasteiger partial charge >= 0.3 is 0 Å². The molecule has 0 bridgehead atoms. The number of carbonyl (C=O) groups is 1. The highest BCUT2D eigenvalue weighted by Crippen LogP contribution is 2.20. The molecule has 1 aromatic heterocycles. The number of benzene rings is 1. The Morgan fingerprint density at radius 3 is 2.59 bits per heavy atom. The summed E-state index contributed by atoms with van der Waals surface area (Å²) >= 11 is 0. The first kappa shape index (κ1) is 19.6. The van der Waals surface area contributed by atoms with Gasteiger partial charge < -0.3 is 19.3 Å². The summed E-state index contributed by atoms with van der Waals surface area (Å²) in [4.78, 5) is 28.4. The van der Waals surface area contributed by atoms with E-state index in [4.69, 9.17) is 14.5 Å². The van der Waals surface area contributed by atoms with Crippen LogP contribution in [-0.2, 0) is 11.3 Å². The number of aromatic nitrogens is 2. The van der Waals surface area contributed by atoms with Gasteiger partial charge in [0.05, 0.1) is 31.6 Å². The molecule has 0 unspecified atom stereocenters. The third kappa shape index (κ3) is 4.65. The van der Waals surface area contributed by atoms with Gasteiger partial charge in [-0.25, -0.2) is 9.97 Å². The molecule has 4 rings (SSSR count). The molecular weight excluding hydrogens is 370 g/mol. The van der Waals surface area contributed by atoms with Crippen LogP contribution in [-0.4, -0.2) is 85.3 Å². The van der Waals surface area contributed by atoms with E-state index in [0.717, 1.165) is 57.6 Å². The van der Waals surface area contributed by atoms with Gasteiger partial charge in [0.15, 0.2) is 0 Å². The molecule has 0 atom stereocenters. The number of methoxy groups -OCH3 is 1.